The molecule has 0 atom stereocenters. The molecule has 0 bridgehead atoms. The van der Waals surface area contributed by atoms with Crippen molar-refractivity contribution >= 4 is 43.1 Å². The number of hydrogen-bond donors (Lipinski definition) is 0. The molecule has 186 valence electrons. The minimum Gasteiger partial charge on any atom is -0.0622 e. The van der Waals surface area contributed by atoms with Gasteiger partial charge in [0.05, 0.1) is 0 Å². The fourth-order valence-corrected chi connectivity index (χ4v) is 6.41. The molecule has 0 spiro atoms. The van der Waals surface area contributed by atoms with Gasteiger partial charge in [0.15, 0.2) is 0 Å². The van der Waals surface area contributed by atoms with Crippen molar-refractivity contribution in [3.8, 4) is 33.4 Å². The second kappa shape index (κ2) is 9.22. The summed E-state index contributed by atoms with van der Waals surface area (Å²) >= 11 is 0. The molecule has 0 nitrogen and oxygen atoms in total. The predicted octanol–water partition coefficient (Wildman–Crippen LogP) is 11.3. The van der Waals surface area contributed by atoms with E-state index in [4.69, 9.17) is 0 Å². The topological polar surface area (TPSA) is 0 Å². The second-order valence-electron chi connectivity index (χ2n) is 10.5. The van der Waals surface area contributed by atoms with Gasteiger partial charge in [-0.25, -0.2) is 0 Å². The largest absolute Gasteiger partial charge is 0.0622 e. The van der Waals surface area contributed by atoms with Crippen LogP contribution >= 0.6 is 0 Å². The Labute approximate surface area is 233 Å². The van der Waals surface area contributed by atoms with Crippen LogP contribution in [0.3, 0.4) is 0 Å². The van der Waals surface area contributed by atoms with Crippen LogP contribution in [0, 0.1) is 0 Å². The monoisotopic (exact) mass is 506 g/mol. The molecule has 0 aliphatic heterocycles. The van der Waals surface area contributed by atoms with Crippen molar-refractivity contribution in [2.24, 2.45) is 0 Å². The first kappa shape index (κ1) is 22.8. The average Bonchev–Trinajstić information content (AvgIpc) is 3.04. The van der Waals surface area contributed by atoms with Gasteiger partial charge in [0.1, 0.15) is 0 Å². The molecular weight excluding hydrogens is 480 g/mol. The lowest BCUT2D eigenvalue weighted by atomic mass is 9.87. The van der Waals surface area contributed by atoms with Gasteiger partial charge in [0, 0.05) is 0 Å². The van der Waals surface area contributed by atoms with E-state index in [9.17, 15) is 0 Å². The standard InChI is InChI=1S/C40H26/c1-2-12-28(13-3-1)38-25-31-26-39(35-20-7-9-22-37(35)40(31)36-21-8-6-19-34(36)38)30-17-10-16-29(24-30)33-23-11-15-27-14-4-5-18-32(27)33/h1-26H. The van der Waals surface area contributed by atoms with Crippen molar-refractivity contribution in [1.29, 1.82) is 0 Å². The Kier molecular flexibility index (Phi) is 5.24. The average molecular weight is 507 g/mol. The Balaban J connectivity index is 1.43. The maximum absolute atomic E-state index is 2.40. The second-order valence-corrected chi connectivity index (χ2v) is 10.5. The number of hydrogen-bond acceptors (Lipinski definition) is 0. The Hall–Kier alpha value is -5.20. The third-order valence-corrected chi connectivity index (χ3v) is 8.22. The number of rotatable bonds is 3. The fraction of sp³-hybridized carbons (Fsp3) is 0. The van der Waals surface area contributed by atoms with E-state index < -0.39 is 0 Å². The molecule has 8 rings (SSSR count). The molecular formula is C40H26. The van der Waals surface area contributed by atoms with Gasteiger partial charge in [-0.1, -0.05) is 140 Å². The zero-order valence-electron chi connectivity index (χ0n) is 22.0. The molecule has 40 heavy (non-hydrogen) atoms. The van der Waals surface area contributed by atoms with Crippen molar-refractivity contribution in [3.63, 3.8) is 0 Å². The quantitative estimate of drug-likeness (QED) is 0.209. The molecule has 0 aliphatic rings. The molecule has 0 amide bonds. The highest BCUT2D eigenvalue weighted by atomic mass is 14.2. The Morgan fingerprint density at radius 1 is 0.250 bits per heavy atom. The van der Waals surface area contributed by atoms with Gasteiger partial charge in [0.25, 0.3) is 0 Å². The van der Waals surface area contributed by atoms with Crippen molar-refractivity contribution < 1.29 is 0 Å². The molecule has 0 heteroatoms. The highest BCUT2D eigenvalue weighted by molar-refractivity contribution is 6.25. The molecule has 0 saturated heterocycles. The Morgan fingerprint density at radius 2 is 0.725 bits per heavy atom. The first-order chi connectivity index (χ1) is 19.8. The van der Waals surface area contributed by atoms with Gasteiger partial charge in [-0.3, -0.25) is 0 Å². The van der Waals surface area contributed by atoms with E-state index in [0.29, 0.717) is 0 Å². The summed E-state index contributed by atoms with van der Waals surface area (Å²) in [5.41, 5.74) is 7.52. The molecule has 0 radical (unpaired) electrons. The third kappa shape index (κ3) is 3.61. The van der Waals surface area contributed by atoms with Gasteiger partial charge in [-0.15, -0.1) is 0 Å². The van der Waals surface area contributed by atoms with E-state index in [1.54, 1.807) is 0 Å². The molecule has 0 heterocycles. The van der Waals surface area contributed by atoms with E-state index in [2.05, 4.69) is 158 Å². The van der Waals surface area contributed by atoms with E-state index in [0.717, 1.165) is 0 Å². The highest BCUT2D eigenvalue weighted by Gasteiger charge is 2.15. The van der Waals surface area contributed by atoms with Crippen LogP contribution in [0.4, 0.5) is 0 Å². The maximum Gasteiger partial charge on any atom is -0.00259 e. The summed E-state index contributed by atoms with van der Waals surface area (Å²) in [6.45, 7) is 0. The van der Waals surface area contributed by atoms with E-state index >= 15 is 0 Å². The smallest absolute Gasteiger partial charge is 0.00259 e. The molecule has 0 saturated carbocycles. The first-order valence-corrected chi connectivity index (χ1v) is 13.9. The summed E-state index contributed by atoms with van der Waals surface area (Å²) in [4.78, 5) is 0. The number of benzene rings is 8. The fourth-order valence-electron chi connectivity index (χ4n) is 6.41. The van der Waals surface area contributed by atoms with Gasteiger partial charge in [-0.05, 0) is 94.7 Å². The lowest BCUT2D eigenvalue weighted by Gasteiger charge is -2.16. The normalized spacial score (nSPS) is 11.5. The summed E-state index contributed by atoms with van der Waals surface area (Å²) in [6.07, 6.45) is 0. The highest BCUT2D eigenvalue weighted by Crippen LogP contribution is 2.42. The van der Waals surface area contributed by atoms with Gasteiger partial charge in [-0.2, -0.15) is 0 Å². The lowest BCUT2D eigenvalue weighted by Crippen LogP contribution is -1.89. The summed E-state index contributed by atoms with van der Waals surface area (Å²) in [5.74, 6) is 0. The third-order valence-electron chi connectivity index (χ3n) is 8.22. The first-order valence-electron chi connectivity index (χ1n) is 13.9. The molecule has 0 aromatic heterocycles. The zero-order valence-corrected chi connectivity index (χ0v) is 22.0. The van der Waals surface area contributed by atoms with Crippen LogP contribution in [0.2, 0.25) is 0 Å². The molecule has 8 aromatic carbocycles. The Morgan fingerprint density at radius 3 is 1.43 bits per heavy atom. The lowest BCUT2D eigenvalue weighted by molar-refractivity contribution is 1.63. The van der Waals surface area contributed by atoms with Crippen LogP contribution in [0.5, 0.6) is 0 Å². The molecule has 0 unspecified atom stereocenters. The summed E-state index contributed by atoms with van der Waals surface area (Å²) in [7, 11) is 0. The summed E-state index contributed by atoms with van der Waals surface area (Å²) in [5, 5.41) is 10.3. The van der Waals surface area contributed by atoms with Gasteiger partial charge < -0.3 is 0 Å². The van der Waals surface area contributed by atoms with Crippen LogP contribution in [0.1, 0.15) is 0 Å². The molecule has 0 fully saturated rings. The zero-order chi connectivity index (χ0) is 26.5. The number of fused-ring (bicyclic) bond motifs is 6. The molecule has 0 N–H and O–H groups in total. The van der Waals surface area contributed by atoms with Crippen LogP contribution < -0.4 is 0 Å². The van der Waals surface area contributed by atoms with Crippen LogP contribution in [-0.4, -0.2) is 0 Å². The minimum atomic E-state index is 1.23. The van der Waals surface area contributed by atoms with Crippen LogP contribution in [-0.2, 0) is 0 Å². The van der Waals surface area contributed by atoms with E-state index in [1.165, 1.54) is 76.5 Å². The predicted molar refractivity (Wildman–Crippen MR) is 173 cm³/mol. The SMILES string of the molecule is c1ccc(-c2cc3cc(-c4cccc(-c5cccc6ccccc56)c4)c4ccccc4c3c3ccccc23)cc1. The van der Waals surface area contributed by atoms with Crippen molar-refractivity contribution in [2.45, 2.75) is 0 Å². The van der Waals surface area contributed by atoms with Crippen molar-refractivity contribution in [3.05, 3.63) is 158 Å². The maximum atomic E-state index is 2.40. The van der Waals surface area contributed by atoms with Crippen LogP contribution in [0.25, 0.3) is 76.5 Å². The van der Waals surface area contributed by atoms with Crippen molar-refractivity contribution in [1.82, 2.24) is 0 Å². The van der Waals surface area contributed by atoms with E-state index in [1.807, 2.05) is 0 Å². The summed E-state index contributed by atoms with van der Waals surface area (Å²) in [6, 6.07) is 57.5. The van der Waals surface area contributed by atoms with Crippen LogP contribution in [0.15, 0.2) is 158 Å². The molecule has 8 aromatic rings. The Bertz CT molecular complexity index is 2200. The van der Waals surface area contributed by atoms with Crippen molar-refractivity contribution in [2.75, 3.05) is 0 Å². The summed E-state index contributed by atoms with van der Waals surface area (Å²) < 4.78 is 0. The molecule has 0 aliphatic carbocycles. The van der Waals surface area contributed by atoms with Gasteiger partial charge in [0.2, 0.25) is 0 Å². The van der Waals surface area contributed by atoms with Gasteiger partial charge >= 0.3 is 0 Å². The van der Waals surface area contributed by atoms with E-state index in [-0.39, 0.29) is 0 Å². The minimum absolute atomic E-state index is 1.23.